The van der Waals surface area contributed by atoms with Gasteiger partial charge in [0.1, 0.15) is 29.9 Å². The number of fused-ring (bicyclic) bond motifs is 1. The summed E-state index contributed by atoms with van der Waals surface area (Å²) in [5, 5.41) is 8.26. The van der Waals surface area contributed by atoms with E-state index in [1.54, 1.807) is 29.1 Å². The molecule has 1 aliphatic rings. The molecule has 4 aromatic rings. The highest BCUT2D eigenvalue weighted by atomic mass is 16.5. The summed E-state index contributed by atoms with van der Waals surface area (Å²) < 4.78 is 6.80. The van der Waals surface area contributed by atoms with Crippen LogP contribution in [0.3, 0.4) is 0 Å². The minimum atomic E-state index is -0.593. The number of aryl methyl sites for hydroxylation is 2. The summed E-state index contributed by atoms with van der Waals surface area (Å²) in [7, 11) is 1.61. The summed E-state index contributed by atoms with van der Waals surface area (Å²) in [4.78, 5) is 50.1. The number of rotatable bonds is 8. The van der Waals surface area contributed by atoms with Crippen molar-refractivity contribution < 1.29 is 19.1 Å². The molecule has 218 valence electrons. The van der Waals surface area contributed by atoms with Crippen molar-refractivity contribution in [3.63, 3.8) is 0 Å². The van der Waals surface area contributed by atoms with E-state index in [2.05, 4.69) is 27.3 Å². The van der Waals surface area contributed by atoms with E-state index in [9.17, 15) is 14.4 Å². The number of aromatic nitrogens is 4. The number of ether oxygens (including phenoxy) is 1. The zero-order chi connectivity index (χ0) is 30.1. The van der Waals surface area contributed by atoms with Gasteiger partial charge in [0.15, 0.2) is 5.78 Å². The van der Waals surface area contributed by atoms with E-state index >= 15 is 0 Å². The molecule has 42 heavy (non-hydrogen) atoms. The fourth-order valence-electron chi connectivity index (χ4n) is 5.73. The molecule has 10 nitrogen and oxygen atoms in total. The number of benzene rings is 2. The number of likely N-dealkylation sites (tertiary alicyclic amines) is 1. The SMILES string of the molecule is COc1ccc(CNC(=O)[C@@H]2C[C@H](C)[C@@H](C)N2C(=O)Cn2nc(C(C)=O)c3cc(-c4cnc(C)nc4)cc(C)c32)cc1. The van der Waals surface area contributed by atoms with Crippen LogP contribution in [0.1, 0.15) is 54.6 Å². The Hall–Kier alpha value is -4.60. The Balaban J connectivity index is 1.40. The summed E-state index contributed by atoms with van der Waals surface area (Å²) in [6.45, 7) is 9.52. The summed E-state index contributed by atoms with van der Waals surface area (Å²) in [6, 6.07) is 10.7. The van der Waals surface area contributed by atoms with Gasteiger partial charge in [-0.1, -0.05) is 19.1 Å². The number of carbonyl (C=O) groups is 3. The van der Waals surface area contributed by atoms with Crippen LogP contribution in [0.4, 0.5) is 0 Å². The van der Waals surface area contributed by atoms with Crippen LogP contribution in [0.15, 0.2) is 48.8 Å². The molecule has 1 saturated heterocycles. The van der Waals surface area contributed by atoms with Crippen molar-refractivity contribution in [3.05, 3.63) is 71.4 Å². The third-order valence-corrected chi connectivity index (χ3v) is 8.18. The predicted molar refractivity (Wildman–Crippen MR) is 159 cm³/mol. The highest BCUT2D eigenvalue weighted by molar-refractivity contribution is 6.07. The second kappa shape index (κ2) is 11.7. The van der Waals surface area contributed by atoms with E-state index in [0.717, 1.165) is 28.0 Å². The quantitative estimate of drug-likeness (QED) is 0.316. The van der Waals surface area contributed by atoms with Crippen molar-refractivity contribution in [1.29, 1.82) is 0 Å². The normalized spacial score (nSPS) is 18.3. The number of nitrogens with zero attached hydrogens (tertiary/aromatic N) is 5. The fourth-order valence-corrected chi connectivity index (χ4v) is 5.73. The van der Waals surface area contributed by atoms with Gasteiger partial charge in [-0.2, -0.15) is 5.10 Å². The Morgan fingerprint density at radius 1 is 1.02 bits per heavy atom. The first-order chi connectivity index (χ1) is 20.1. The molecule has 0 bridgehead atoms. The molecule has 0 radical (unpaired) electrons. The maximum atomic E-state index is 13.9. The van der Waals surface area contributed by atoms with Crippen LogP contribution < -0.4 is 10.1 Å². The standard InChI is InChI=1S/C32H36N6O4/c1-18-12-28(32(41)35-14-23-7-9-26(42-6)10-8-23)38(20(18)3)29(40)17-37-31-19(2)11-24(25-15-33-22(5)34-16-25)13-27(31)30(36-37)21(4)39/h7-11,13,15-16,18,20,28H,12,14,17H2,1-6H3,(H,35,41)/t18-,20+,28-/m0/s1. The summed E-state index contributed by atoms with van der Waals surface area (Å²) in [6.07, 6.45) is 4.07. The van der Waals surface area contributed by atoms with Crippen molar-refractivity contribution >= 4 is 28.5 Å². The average molecular weight is 569 g/mol. The molecule has 0 saturated carbocycles. The van der Waals surface area contributed by atoms with Crippen molar-refractivity contribution in [2.75, 3.05) is 7.11 Å². The molecule has 1 aliphatic heterocycles. The van der Waals surface area contributed by atoms with Gasteiger partial charge in [-0.05, 0) is 74.1 Å². The second-order valence-electron chi connectivity index (χ2n) is 11.1. The van der Waals surface area contributed by atoms with Crippen molar-refractivity contribution in [2.45, 2.75) is 66.2 Å². The maximum absolute atomic E-state index is 13.9. The zero-order valence-corrected chi connectivity index (χ0v) is 24.8. The zero-order valence-electron chi connectivity index (χ0n) is 24.8. The number of nitrogens with one attached hydrogen (secondary N) is 1. The van der Waals surface area contributed by atoms with Crippen LogP contribution in [0, 0.1) is 19.8 Å². The molecule has 0 unspecified atom stereocenters. The molecule has 2 aromatic carbocycles. The predicted octanol–water partition coefficient (Wildman–Crippen LogP) is 4.26. The Bertz CT molecular complexity index is 1640. The highest BCUT2D eigenvalue weighted by Gasteiger charge is 2.43. The molecule has 10 heteroatoms. The number of Topliss-reactive ketones (excluding diaryl/α,β-unsaturated/α-hetero) is 1. The topological polar surface area (TPSA) is 119 Å². The summed E-state index contributed by atoms with van der Waals surface area (Å²) in [5.74, 6) is 0.966. The van der Waals surface area contributed by atoms with Gasteiger partial charge in [0.2, 0.25) is 11.8 Å². The van der Waals surface area contributed by atoms with Crippen LogP contribution >= 0.6 is 0 Å². The third-order valence-electron chi connectivity index (χ3n) is 8.18. The van der Waals surface area contributed by atoms with Gasteiger partial charge in [0.05, 0.1) is 12.6 Å². The van der Waals surface area contributed by atoms with E-state index in [1.165, 1.54) is 6.92 Å². The van der Waals surface area contributed by atoms with E-state index in [0.29, 0.717) is 35.4 Å². The van der Waals surface area contributed by atoms with E-state index in [1.807, 2.05) is 57.2 Å². The Morgan fingerprint density at radius 3 is 2.36 bits per heavy atom. The van der Waals surface area contributed by atoms with Gasteiger partial charge in [0.25, 0.3) is 0 Å². The lowest BCUT2D eigenvalue weighted by Crippen LogP contribution is -2.49. The number of hydrogen-bond acceptors (Lipinski definition) is 7. The first kappa shape index (κ1) is 28.9. The molecule has 1 fully saturated rings. The Labute approximate surface area is 245 Å². The number of ketones is 1. The van der Waals surface area contributed by atoms with Crippen molar-refractivity contribution in [3.8, 4) is 16.9 Å². The minimum Gasteiger partial charge on any atom is -0.497 e. The maximum Gasteiger partial charge on any atom is 0.245 e. The van der Waals surface area contributed by atoms with Gasteiger partial charge < -0.3 is 15.0 Å². The van der Waals surface area contributed by atoms with E-state index < -0.39 is 6.04 Å². The second-order valence-corrected chi connectivity index (χ2v) is 11.1. The first-order valence-electron chi connectivity index (χ1n) is 14.1. The number of carbonyl (C=O) groups excluding carboxylic acids is 3. The largest absolute Gasteiger partial charge is 0.497 e. The monoisotopic (exact) mass is 568 g/mol. The molecule has 1 N–H and O–H groups in total. The van der Waals surface area contributed by atoms with Gasteiger partial charge in [-0.3, -0.25) is 19.1 Å². The van der Waals surface area contributed by atoms with Crippen LogP contribution in [0.2, 0.25) is 0 Å². The van der Waals surface area contributed by atoms with Gasteiger partial charge in [0, 0.05) is 42.9 Å². The lowest BCUT2D eigenvalue weighted by atomic mass is 10.0. The molecule has 3 heterocycles. The molecular weight excluding hydrogens is 532 g/mol. The highest BCUT2D eigenvalue weighted by Crippen LogP contribution is 2.32. The van der Waals surface area contributed by atoms with Crippen LogP contribution in [-0.2, 0) is 22.7 Å². The summed E-state index contributed by atoms with van der Waals surface area (Å²) >= 11 is 0. The van der Waals surface area contributed by atoms with Gasteiger partial charge in [-0.25, -0.2) is 9.97 Å². The first-order valence-corrected chi connectivity index (χ1v) is 14.1. The summed E-state index contributed by atoms with van der Waals surface area (Å²) in [5.41, 5.74) is 4.51. The number of amides is 2. The molecule has 0 spiro atoms. The lowest BCUT2D eigenvalue weighted by Gasteiger charge is -2.28. The smallest absolute Gasteiger partial charge is 0.245 e. The van der Waals surface area contributed by atoms with Crippen LogP contribution in [0.5, 0.6) is 5.75 Å². The third kappa shape index (κ3) is 5.61. The van der Waals surface area contributed by atoms with Gasteiger partial charge >= 0.3 is 0 Å². The van der Waals surface area contributed by atoms with Crippen LogP contribution in [-0.4, -0.2) is 61.4 Å². The molecule has 5 rings (SSSR count). The Kier molecular flexibility index (Phi) is 8.06. The molecule has 2 amide bonds. The molecule has 2 aromatic heterocycles. The van der Waals surface area contributed by atoms with E-state index in [-0.39, 0.29) is 36.1 Å². The molecular formula is C32H36N6O4. The van der Waals surface area contributed by atoms with Crippen molar-refractivity contribution in [2.24, 2.45) is 5.92 Å². The van der Waals surface area contributed by atoms with Crippen LogP contribution in [0.25, 0.3) is 22.0 Å². The molecule has 3 atom stereocenters. The van der Waals surface area contributed by atoms with Crippen molar-refractivity contribution in [1.82, 2.24) is 30.0 Å². The number of hydrogen-bond donors (Lipinski definition) is 1. The number of methoxy groups -OCH3 is 1. The Morgan fingerprint density at radius 2 is 1.71 bits per heavy atom. The minimum absolute atomic E-state index is 0.0864. The average Bonchev–Trinajstić information content (AvgIpc) is 3.49. The lowest BCUT2D eigenvalue weighted by molar-refractivity contribution is -0.140. The van der Waals surface area contributed by atoms with E-state index in [4.69, 9.17) is 4.74 Å². The fraction of sp³-hybridized carbons (Fsp3) is 0.375. The van der Waals surface area contributed by atoms with Gasteiger partial charge in [-0.15, -0.1) is 0 Å². The molecule has 0 aliphatic carbocycles.